The van der Waals surface area contributed by atoms with Crippen molar-refractivity contribution in [2.45, 2.75) is 45.0 Å². The number of unbranched alkanes of at least 4 members (excludes halogenated alkanes) is 1. The summed E-state index contributed by atoms with van der Waals surface area (Å²) in [6.07, 6.45) is 4.16. The molecule has 0 radical (unpaired) electrons. The number of hydrogen-bond donors (Lipinski definition) is 1. The Morgan fingerprint density at radius 1 is 1.25 bits per heavy atom. The van der Waals surface area contributed by atoms with Crippen LogP contribution in [-0.4, -0.2) is 20.4 Å². The van der Waals surface area contributed by atoms with Crippen molar-refractivity contribution in [2.75, 3.05) is 5.75 Å². The predicted octanol–water partition coefficient (Wildman–Crippen LogP) is 3.62. The van der Waals surface area contributed by atoms with Crippen LogP contribution in [0.5, 0.6) is 0 Å². The lowest BCUT2D eigenvalue weighted by atomic mass is 10.1. The van der Waals surface area contributed by atoms with Gasteiger partial charge in [-0.1, -0.05) is 54.9 Å². The van der Waals surface area contributed by atoms with Gasteiger partial charge in [-0.25, -0.2) is 4.98 Å². The van der Waals surface area contributed by atoms with Crippen molar-refractivity contribution in [1.29, 1.82) is 0 Å². The van der Waals surface area contributed by atoms with E-state index in [0.29, 0.717) is 0 Å². The Morgan fingerprint density at radius 2 is 2.00 bits per heavy atom. The van der Waals surface area contributed by atoms with Crippen LogP contribution in [-0.2, 0) is 13.2 Å². The molecule has 0 saturated carbocycles. The van der Waals surface area contributed by atoms with Crippen molar-refractivity contribution in [3.8, 4) is 0 Å². The second kappa shape index (κ2) is 7.50. The summed E-state index contributed by atoms with van der Waals surface area (Å²) in [6, 6.07) is 8.51. The van der Waals surface area contributed by atoms with Crippen LogP contribution < -0.4 is 0 Å². The molecule has 0 bridgehead atoms. The third-order valence-electron chi connectivity index (χ3n) is 3.25. The van der Waals surface area contributed by atoms with Gasteiger partial charge in [0.25, 0.3) is 0 Å². The van der Waals surface area contributed by atoms with Crippen LogP contribution in [0.25, 0.3) is 0 Å². The summed E-state index contributed by atoms with van der Waals surface area (Å²) in [5.41, 5.74) is 3.38. The molecule has 0 aliphatic rings. The van der Waals surface area contributed by atoms with E-state index < -0.39 is 0 Å². The van der Waals surface area contributed by atoms with Crippen molar-refractivity contribution in [3.63, 3.8) is 0 Å². The zero-order chi connectivity index (χ0) is 14.4. The van der Waals surface area contributed by atoms with Gasteiger partial charge in [-0.05, 0) is 18.9 Å². The van der Waals surface area contributed by atoms with Crippen LogP contribution in [0, 0.1) is 6.92 Å². The lowest BCUT2D eigenvalue weighted by Gasteiger charge is -2.11. The summed E-state index contributed by atoms with van der Waals surface area (Å²) in [5, 5.41) is 10.5. The number of nitrogens with zero attached hydrogens (tertiary/aromatic N) is 2. The molecule has 0 aliphatic heterocycles. The number of aliphatic hydroxyl groups is 1. The minimum Gasteiger partial charge on any atom is -0.390 e. The molecule has 4 heteroatoms. The topological polar surface area (TPSA) is 38.1 Å². The largest absolute Gasteiger partial charge is 0.390 e. The van der Waals surface area contributed by atoms with E-state index in [2.05, 4.69) is 47.7 Å². The van der Waals surface area contributed by atoms with Gasteiger partial charge in [-0.15, -0.1) is 0 Å². The molecule has 0 spiro atoms. The van der Waals surface area contributed by atoms with Crippen molar-refractivity contribution in [2.24, 2.45) is 0 Å². The minimum absolute atomic E-state index is 0.0349. The monoisotopic (exact) mass is 290 g/mol. The van der Waals surface area contributed by atoms with Crippen molar-refractivity contribution in [3.05, 3.63) is 47.3 Å². The molecule has 20 heavy (non-hydrogen) atoms. The second-order valence-electron chi connectivity index (χ2n) is 4.96. The first-order chi connectivity index (χ1) is 9.74. The molecule has 1 aromatic heterocycles. The Labute approximate surface area is 125 Å². The molecule has 0 unspecified atom stereocenters. The molecule has 3 nitrogen and oxygen atoms in total. The van der Waals surface area contributed by atoms with Gasteiger partial charge in [-0.2, -0.15) is 0 Å². The molecular weight excluding hydrogens is 268 g/mol. The predicted molar refractivity (Wildman–Crippen MR) is 84.1 cm³/mol. The number of thioether (sulfide) groups is 1. The van der Waals surface area contributed by atoms with Crippen molar-refractivity contribution in [1.82, 2.24) is 9.55 Å². The number of hydrogen-bond acceptors (Lipinski definition) is 3. The molecule has 1 aromatic carbocycles. The highest BCUT2D eigenvalue weighted by Crippen LogP contribution is 2.21. The second-order valence-corrected chi connectivity index (χ2v) is 6.03. The van der Waals surface area contributed by atoms with Crippen LogP contribution >= 0.6 is 11.8 Å². The van der Waals surface area contributed by atoms with E-state index >= 15 is 0 Å². The highest BCUT2D eigenvalue weighted by atomic mass is 32.2. The average Bonchev–Trinajstić information content (AvgIpc) is 2.84. The van der Waals surface area contributed by atoms with E-state index in [0.717, 1.165) is 23.1 Å². The van der Waals surface area contributed by atoms with E-state index in [1.807, 2.05) is 0 Å². The van der Waals surface area contributed by atoms with Gasteiger partial charge < -0.3 is 9.67 Å². The number of rotatable bonds is 7. The quantitative estimate of drug-likeness (QED) is 0.625. The summed E-state index contributed by atoms with van der Waals surface area (Å²) in [4.78, 5) is 4.44. The number of aromatic nitrogens is 2. The zero-order valence-corrected chi connectivity index (χ0v) is 13.0. The lowest BCUT2D eigenvalue weighted by Crippen LogP contribution is -2.06. The van der Waals surface area contributed by atoms with Crippen LogP contribution in [0.1, 0.15) is 36.6 Å². The first-order valence-corrected chi connectivity index (χ1v) is 8.06. The summed E-state index contributed by atoms with van der Waals surface area (Å²) >= 11 is 1.77. The molecule has 1 heterocycles. The van der Waals surface area contributed by atoms with Crippen LogP contribution in [0.4, 0.5) is 0 Å². The first kappa shape index (κ1) is 15.1. The maximum absolute atomic E-state index is 9.46. The van der Waals surface area contributed by atoms with Gasteiger partial charge in [0.1, 0.15) is 0 Å². The molecule has 2 rings (SSSR count). The molecule has 0 atom stereocenters. The third-order valence-corrected chi connectivity index (χ3v) is 4.33. The summed E-state index contributed by atoms with van der Waals surface area (Å²) in [6.45, 7) is 5.09. The Hall–Kier alpha value is -1.26. The van der Waals surface area contributed by atoms with E-state index in [9.17, 15) is 5.11 Å². The maximum atomic E-state index is 9.46. The van der Waals surface area contributed by atoms with Crippen LogP contribution in [0.3, 0.4) is 0 Å². The molecule has 0 amide bonds. The zero-order valence-electron chi connectivity index (χ0n) is 12.2. The van der Waals surface area contributed by atoms with Gasteiger partial charge >= 0.3 is 0 Å². The van der Waals surface area contributed by atoms with E-state index in [4.69, 9.17) is 0 Å². The van der Waals surface area contributed by atoms with Gasteiger partial charge in [-0.3, -0.25) is 0 Å². The number of benzene rings is 1. The van der Waals surface area contributed by atoms with Gasteiger partial charge in [0.05, 0.1) is 18.5 Å². The summed E-state index contributed by atoms with van der Waals surface area (Å²) in [5.74, 6) is 1.08. The third kappa shape index (κ3) is 3.87. The van der Waals surface area contributed by atoms with E-state index in [1.54, 1.807) is 18.0 Å². The van der Waals surface area contributed by atoms with Crippen molar-refractivity contribution < 1.29 is 5.11 Å². The molecule has 0 fully saturated rings. The Bertz CT molecular complexity index is 534. The standard InChI is InChI=1S/C16H22N2OS/c1-3-4-9-20-16-17-10-15(12-19)18(16)11-14-7-5-13(2)6-8-14/h5-8,10,19H,3-4,9,11-12H2,1-2H3. The van der Waals surface area contributed by atoms with E-state index in [1.165, 1.54) is 24.0 Å². The smallest absolute Gasteiger partial charge is 0.168 e. The molecule has 0 saturated heterocycles. The minimum atomic E-state index is 0.0349. The highest BCUT2D eigenvalue weighted by molar-refractivity contribution is 7.99. The fraction of sp³-hybridized carbons (Fsp3) is 0.438. The van der Waals surface area contributed by atoms with Gasteiger partial charge in [0.15, 0.2) is 5.16 Å². The normalized spacial score (nSPS) is 10.9. The van der Waals surface area contributed by atoms with Crippen LogP contribution in [0.15, 0.2) is 35.6 Å². The number of aliphatic hydroxyl groups excluding tert-OH is 1. The Morgan fingerprint density at radius 3 is 2.65 bits per heavy atom. The van der Waals surface area contributed by atoms with Gasteiger partial charge in [0, 0.05) is 12.3 Å². The van der Waals surface area contributed by atoms with Crippen LogP contribution in [0.2, 0.25) is 0 Å². The molecule has 0 aliphatic carbocycles. The SMILES string of the molecule is CCCCSc1ncc(CO)n1Cc1ccc(C)cc1. The number of imidazole rings is 1. The first-order valence-electron chi connectivity index (χ1n) is 7.08. The molecule has 108 valence electrons. The van der Waals surface area contributed by atoms with Gasteiger partial charge in [0.2, 0.25) is 0 Å². The molecule has 1 N–H and O–H groups in total. The fourth-order valence-electron chi connectivity index (χ4n) is 1.99. The molecule has 2 aromatic rings. The summed E-state index contributed by atoms with van der Waals surface area (Å²) < 4.78 is 2.12. The molecular formula is C16H22N2OS. The average molecular weight is 290 g/mol. The highest BCUT2D eigenvalue weighted by Gasteiger charge is 2.10. The van der Waals surface area contributed by atoms with E-state index in [-0.39, 0.29) is 6.61 Å². The Kier molecular flexibility index (Phi) is 5.68. The fourth-order valence-corrected chi connectivity index (χ4v) is 3.07. The number of aryl methyl sites for hydroxylation is 1. The summed E-state index contributed by atoms with van der Waals surface area (Å²) in [7, 11) is 0. The maximum Gasteiger partial charge on any atom is 0.168 e. The Balaban J connectivity index is 2.15. The van der Waals surface area contributed by atoms with Crippen molar-refractivity contribution >= 4 is 11.8 Å². The lowest BCUT2D eigenvalue weighted by molar-refractivity contribution is 0.270.